The van der Waals surface area contributed by atoms with Gasteiger partial charge in [-0.1, -0.05) is 23.7 Å². The first-order valence-electron chi connectivity index (χ1n) is 3.62. The van der Waals surface area contributed by atoms with Crippen LogP contribution in [0.15, 0.2) is 18.2 Å². The summed E-state index contributed by atoms with van der Waals surface area (Å²) < 4.78 is 12.8. The lowest BCUT2D eigenvalue weighted by atomic mass is 10.1. The second-order valence-corrected chi connectivity index (χ2v) is 2.80. The van der Waals surface area contributed by atoms with Crippen LogP contribution in [0.3, 0.4) is 0 Å². The molecule has 0 radical (unpaired) electrons. The van der Waals surface area contributed by atoms with Gasteiger partial charge in [-0.05, 0) is 18.1 Å². The number of hydrazine groups is 1. The van der Waals surface area contributed by atoms with Crippen LogP contribution in [0, 0.1) is 5.82 Å². The van der Waals surface area contributed by atoms with Gasteiger partial charge in [-0.2, -0.15) is 0 Å². The maximum atomic E-state index is 12.8. The third kappa shape index (κ3) is 2.17. The zero-order valence-corrected chi connectivity index (χ0v) is 7.24. The molecule has 1 aromatic rings. The van der Waals surface area contributed by atoms with Gasteiger partial charge in [0.05, 0.1) is 5.02 Å². The van der Waals surface area contributed by atoms with Crippen LogP contribution in [-0.4, -0.2) is 6.54 Å². The molecule has 0 atom stereocenters. The van der Waals surface area contributed by atoms with E-state index in [9.17, 15) is 4.39 Å². The molecule has 0 bridgehead atoms. The number of halogens is 2. The molecule has 12 heavy (non-hydrogen) atoms. The Kier molecular flexibility index (Phi) is 3.47. The van der Waals surface area contributed by atoms with Gasteiger partial charge < -0.3 is 0 Å². The van der Waals surface area contributed by atoms with Crippen molar-refractivity contribution in [2.24, 2.45) is 5.84 Å². The summed E-state index contributed by atoms with van der Waals surface area (Å²) in [5, 5.41) is 0.188. The largest absolute Gasteiger partial charge is 0.271 e. The second kappa shape index (κ2) is 4.40. The van der Waals surface area contributed by atoms with Crippen LogP contribution in [0.5, 0.6) is 0 Å². The molecular weight excluding hydrogens is 179 g/mol. The smallest absolute Gasteiger partial charge is 0.142 e. The molecule has 0 unspecified atom stereocenters. The number of hydrogen-bond donors (Lipinski definition) is 2. The lowest BCUT2D eigenvalue weighted by Crippen LogP contribution is -2.24. The van der Waals surface area contributed by atoms with Crippen molar-refractivity contribution in [3.05, 3.63) is 34.6 Å². The Bertz CT molecular complexity index is 265. The van der Waals surface area contributed by atoms with Gasteiger partial charge in [-0.25, -0.2) is 4.39 Å². The van der Waals surface area contributed by atoms with E-state index >= 15 is 0 Å². The lowest BCUT2D eigenvalue weighted by Gasteiger charge is -2.03. The highest BCUT2D eigenvalue weighted by Crippen LogP contribution is 2.19. The molecule has 0 saturated carbocycles. The maximum Gasteiger partial charge on any atom is 0.142 e. The predicted molar refractivity (Wildman–Crippen MR) is 47.3 cm³/mol. The van der Waals surface area contributed by atoms with Crippen LogP contribution in [-0.2, 0) is 6.42 Å². The van der Waals surface area contributed by atoms with Crippen LogP contribution in [0.2, 0.25) is 5.02 Å². The van der Waals surface area contributed by atoms with Gasteiger partial charge in [0.2, 0.25) is 0 Å². The van der Waals surface area contributed by atoms with E-state index in [-0.39, 0.29) is 10.8 Å². The first-order valence-corrected chi connectivity index (χ1v) is 4.00. The van der Waals surface area contributed by atoms with E-state index in [2.05, 4.69) is 5.43 Å². The molecule has 1 aromatic carbocycles. The molecule has 66 valence electrons. The van der Waals surface area contributed by atoms with Crippen molar-refractivity contribution in [2.45, 2.75) is 6.42 Å². The topological polar surface area (TPSA) is 38.0 Å². The van der Waals surface area contributed by atoms with Gasteiger partial charge in [-0.15, -0.1) is 0 Å². The van der Waals surface area contributed by atoms with E-state index in [1.807, 2.05) is 0 Å². The summed E-state index contributed by atoms with van der Waals surface area (Å²) in [7, 11) is 0. The van der Waals surface area contributed by atoms with Gasteiger partial charge in [0.25, 0.3) is 0 Å². The van der Waals surface area contributed by atoms with Crippen LogP contribution in [0.4, 0.5) is 4.39 Å². The second-order valence-electron chi connectivity index (χ2n) is 2.42. The molecular formula is C8H10ClFN2. The van der Waals surface area contributed by atoms with E-state index in [0.29, 0.717) is 13.0 Å². The number of benzene rings is 1. The first kappa shape index (κ1) is 9.45. The Morgan fingerprint density at radius 1 is 1.50 bits per heavy atom. The average Bonchev–Trinajstić information content (AvgIpc) is 2.08. The lowest BCUT2D eigenvalue weighted by molar-refractivity contribution is 0.624. The normalized spacial score (nSPS) is 10.2. The standard InChI is InChI=1S/C8H10ClFN2/c9-8-6(4-5-12-11)2-1-3-7(8)10/h1-3,12H,4-5,11H2. The Morgan fingerprint density at radius 2 is 2.25 bits per heavy atom. The Labute approximate surface area is 75.5 Å². The Morgan fingerprint density at radius 3 is 2.92 bits per heavy atom. The first-order chi connectivity index (χ1) is 5.75. The zero-order chi connectivity index (χ0) is 8.97. The molecule has 0 aliphatic carbocycles. The minimum Gasteiger partial charge on any atom is -0.271 e. The summed E-state index contributed by atoms with van der Waals surface area (Å²) in [5.41, 5.74) is 3.25. The highest BCUT2D eigenvalue weighted by Gasteiger charge is 2.03. The highest BCUT2D eigenvalue weighted by atomic mass is 35.5. The SMILES string of the molecule is NNCCc1cccc(F)c1Cl. The Balaban J connectivity index is 2.78. The van der Waals surface area contributed by atoms with Crippen molar-refractivity contribution >= 4 is 11.6 Å². The van der Waals surface area contributed by atoms with Crippen LogP contribution in [0.25, 0.3) is 0 Å². The van der Waals surface area contributed by atoms with Gasteiger partial charge >= 0.3 is 0 Å². The molecule has 0 saturated heterocycles. The van der Waals surface area contributed by atoms with E-state index < -0.39 is 0 Å². The van der Waals surface area contributed by atoms with Crippen molar-refractivity contribution in [3.8, 4) is 0 Å². The number of rotatable bonds is 3. The fourth-order valence-electron chi connectivity index (χ4n) is 0.948. The number of hydrogen-bond acceptors (Lipinski definition) is 2. The minimum atomic E-state index is -0.383. The van der Waals surface area contributed by atoms with E-state index in [1.54, 1.807) is 12.1 Å². The zero-order valence-electron chi connectivity index (χ0n) is 6.48. The molecule has 0 heterocycles. The Hall–Kier alpha value is -0.640. The van der Waals surface area contributed by atoms with Gasteiger partial charge in [-0.3, -0.25) is 11.3 Å². The summed E-state index contributed by atoms with van der Waals surface area (Å²) >= 11 is 5.69. The molecule has 4 heteroatoms. The van der Waals surface area contributed by atoms with Crippen LogP contribution in [0.1, 0.15) is 5.56 Å². The van der Waals surface area contributed by atoms with Gasteiger partial charge in [0, 0.05) is 6.54 Å². The molecule has 1 rings (SSSR count). The molecule has 0 aromatic heterocycles. The molecule has 0 amide bonds. The van der Waals surface area contributed by atoms with Crippen LogP contribution >= 0.6 is 11.6 Å². The average molecular weight is 189 g/mol. The van der Waals surface area contributed by atoms with Gasteiger partial charge in [0.1, 0.15) is 5.82 Å². The summed E-state index contributed by atoms with van der Waals surface area (Å²) in [6, 6.07) is 4.75. The third-order valence-corrected chi connectivity index (χ3v) is 1.99. The molecule has 2 nitrogen and oxygen atoms in total. The molecule has 0 aliphatic heterocycles. The summed E-state index contributed by atoms with van der Waals surface area (Å²) in [5.74, 6) is 4.69. The van der Waals surface area contributed by atoms with Crippen LogP contribution < -0.4 is 11.3 Å². The fraction of sp³-hybridized carbons (Fsp3) is 0.250. The molecule has 0 fully saturated rings. The number of nitrogens with two attached hydrogens (primary N) is 1. The summed E-state index contributed by atoms with van der Waals surface area (Å²) in [6.45, 7) is 0.586. The third-order valence-electron chi connectivity index (χ3n) is 1.57. The molecule has 3 N–H and O–H groups in total. The summed E-state index contributed by atoms with van der Waals surface area (Å²) in [4.78, 5) is 0. The number of nitrogens with one attached hydrogen (secondary N) is 1. The van der Waals surface area contributed by atoms with Gasteiger partial charge in [0.15, 0.2) is 0 Å². The fourth-order valence-corrected chi connectivity index (χ4v) is 1.17. The predicted octanol–water partition coefficient (Wildman–Crippen LogP) is 1.48. The van der Waals surface area contributed by atoms with Crippen molar-refractivity contribution in [2.75, 3.05) is 6.54 Å². The van der Waals surface area contributed by atoms with Crippen molar-refractivity contribution in [3.63, 3.8) is 0 Å². The van der Waals surface area contributed by atoms with Crippen molar-refractivity contribution in [1.29, 1.82) is 0 Å². The summed E-state index contributed by atoms with van der Waals surface area (Å²) in [6.07, 6.45) is 0.632. The highest BCUT2D eigenvalue weighted by molar-refractivity contribution is 6.31. The van der Waals surface area contributed by atoms with E-state index in [0.717, 1.165) is 5.56 Å². The maximum absolute atomic E-state index is 12.8. The van der Waals surface area contributed by atoms with Crippen molar-refractivity contribution in [1.82, 2.24) is 5.43 Å². The van der Waals surface area contributed by atoms with E-state index in [1.165, 1.54) is 6.07 Å². The monoisotopic (exact) mass is 188 g/mol. The quantitative estimate of drug-likeness (QED) is 0.557. The van der Waals surface area contributed by atoms with E-state index in [4.69, 9.17) is 17.4 Å². The molecule has 0 aliphatic rings. The minimum absolute atomic E-state index is 0.188. The van der Waals surface area contributed by atoms with Crippen molar-refractivity contribution < 1.29 is 4.39 Å². The molecule has 0 spiro atoms.